The summed E-state index contributed by atoms with van der Waals surface area (Å²) in [6, 6.07) is 5.29. The van der Waals surface area contributed by atoms with E-state index in [1.807, 2.05) is 6.07 Å². The first kappa shape index (κ1) is 11.4. The maximum Gasteiger partial charge on any atom is 0.167 e. The molecule has 0 aromatic heterocycles. The summed E-state index contributed by atoms with van der Waals surface area (Å²) < 4.78 is 19.6. The first-order valence-corrected chi connectivity index (χ1v) is 5.76. The zero-order chi connectivity index (χ0) is 11.6. The molecule has 16 heavy (non-hydrogen) atoms. The Balaban J connectivity index is 2.16. The molecule has 88 valence electrons. The number of hydrogen-bond acceptors (Lipinski definition) is 2. The van der Waals surface area contributed by atoms with Crippen LogP contribution in [-0.2, 0) is 0 Å². The van der Waals surface area contributed by atoms with E-state index in [2.05, 4.69) is 12.2 Å². The Morgan fingerprint density at radius 1 is 1.31 bits per heavy atom. The molecule has 1 N–H and O–H groups in total. The molecule has 3 heteroatoms. The van der Waals surface area contributed by atoms with Gasteiger partial charge >= 0.3 is 0 Å². The topological polar surface area (TPSA) is 21.3 Å². The average molecular weight is 223 g/mol. The van der Waals surface area contributed by atoms with Crippen LogP contribution in [0.1, 0.15) is 25.3 Å². The van der Waals surface area contributed by atoms with Crippen molar-refractivity contribution in [1.29, 1.82) is 0 Å². The van der Waals surface area contributed by atoms with E-state index in [1.54, 1.807) is 19.1 Å². The summed E-state index contributed by atoms with van der Waals surface area (Å²) in [5.41, 5.74) is 0.398. The van der Waals surface area contributed by atoms with Crippen LogP contribution in [0, 0.1) is 12.7 Å². The van der Waals surface area contributed by atoms with Gasteiger partial charge in [-0.2, -0.15) is 0 Å². The maximum atomic E-state index is 13.8. The van der Waals surface area contributed by atoms with Gasteiger partial charge in [-0.3, -0.25) is 0 Å². The van der Waals surface area contributed by atoms with Gasteiger partial charge in [-0.15, -0.1) is 0 Å². The lowest BCUT2D eigenvalue weighted by atomic mass is 9.94. The average Bonchev–Trinajstić information content (AvgIpc) is 2.26. The van der Waals surface area contributed by atoms with Gasteiger partial charge in [-0.05, 0) is 51.4 Å². The van der Waals surface area contributed by atoms with Crippen molar-refractivity contribution in [3.8, 4) is 5.75 Å². The Kier molecular flexibility index (Phi) is 3.15. The van der Waals surface area contributed by atoms with Crippen LogP contribution < -0.4 is 10.1 Å². The lowest BCUT2D eigenvalue weighted by Gasteiger charge is -2.34. The summed E-state index contributed by atoms with van der Waals surface area (Å²) >= 11 is 0. The number of rotatable bonds is 2. The highest BCUT2D eigenvalue weighted by Crippen LogP contribution is 2.28. The fourth-order valence-corrected chi connectivity index (χ4v) is 2.02. The molecule has 0 aliphatic carbocycles. The minimum atomic E-state index is -0.236. The Bertz CT molecular complexity index is 372. The summed E-state index contributed by atoms with van der Waals surface area (Å²) in [5, 5.41) is 3.28. The molecule has 1 aliphatic rings. The molecular formula is C13H18FNO. The summed E-state index contributed by atoms with van der Waals surface area (Å²) in [7, 11) is 0. The fourth-order valence-electron chi connectivity index (χ4n) is 2.02. The van der Waals surface area contributed by atoms with E-state index in [9.17, 15) is 4.39 Å². The molecule has 1 saturated heterocycles. The van der Waals surface area contributed by atoms with Crippen LogP contribution in [0.3, 0.4) is 0 Å². The Morgan fingerprint density at radius 2 is 2.00 bits per heavy atom. The van der Waals surface area contributed by atoms with Gasteiger partial charge < -0.3 is 10.1 Å². The van der Waals surface area contributed by atoms with Crippen molar-refractivity contribution in [2.24, 2.45) is 0 Å². The van der Waals surface area contributed by atoms with Gasteiger partial charge in [0.25, 0.3) is 0 Å². The Labute approximate surface area is 95.8 Å². The molecule has 0 unspecified atom stereocenters. The normalized spacial score (nSPS) is 19.4. The molecule has 0 bridgehead atoms. The van der Waals surface area contributed by atoms with Crippen LogP contribution in [0.5, 0.6) is 5.75 Å². The second-order valence-corrected chi connectivity index (χ2v) is 4.69. The van der Waals surface area contributed by atoms with Crippen LogP contribution in [0.15, 0.2) is 18.2 Å². The third kappa shape index (κ3) is 2.35. The van der Waals surface area contributed by atoms with Gasteiger partial charge in [0, 0.05) is 0 Å². The highest BCUT2D eigenvalue weighted by molar-refractivity contribution is 5.30. The molecule has 0 atom stereocenters. The second kappa shape index (κ2) is 4.42. The number of benzene rings is 1. The quantitative estimate of drug-likeness (QED) is 0.832. The van der Waals surface area contributed by atoms with E-state index in [0.717, 1.165) is 25.9 Å². The number of piperidine rings is 1. The van der Waals surface area contributed by atoms with Crippen LogP contribution in [-0.4, -0.2) is 18.7 Å². The van der Waals surface area contributed by atoms with Crippen molar-refractivity contribution in [2.75, 3.05) is 13.1 Å². The fraction of sp³-hybridized carbons (Fsp3) is 0.538. The number of halogens is 1. The Hall–Kier alpha value is -1.09. The molecular weight excluding hydrogens is 205 g/mol. The zero-order valence-corrected chi connectivity index (χ0v) is 9.85. The molecule has 1 fully saturated rings. The molecule has 0 amide bonds. The molecule has 1 aromatic carbocycles. The van der Waals surface area contributed by atoms with Crippen molar-refractivity contribution >= 4 is 0 Å². The molecule has 1 aliphatic heterocycles. The van der Waals surface area contributed by atoms with Crippen molar-refractivity contribution in [3.05, 3.63) is 29.6 Å². The number of nitrogens with one attached hydrogen (secondary N) is 1. The van der Waals surface area contributed by atoms with Crippen molar-refractivity contribution in [1.82, 2.24) is 5.32 Å². The van der Waals surface area contributed by atoms with Crippen LogP contribution >= 0.6 is 0 Å². The van der Waals surface area contributed by atoms with Crippen LogP contribution in [0.25, 0.3) is 0 Å². The van der Waals surface area contributed by atoms with E-state index in [4.69, 9.17) is 4.74 Å². The van der Waals surface area contributed by atoms with E-state index >= 15 is 0 Å². The predicted octanol–water partition coefficient (Wildman–Crippen LogP) is 2.66. The second-order valence-electron chi connectivity index (χ2n) is 4.69. The highest BCUT2D eigenvalue weighted by Gasteiger charge is 2.29. The summed E-state index contributed by atoms with van der Waals surface area (Å²) in [6.07, 6.45) is 1.83. The standard InChI is InChI=1S/C13H18FNO/c1-10-4-3-5-11(12(10)14)16-13(2)6-8-15-9-7-13/h3-5,15H,6-9H2,1-2H3. The third-order valence-electron chi connectivity index (χ3n) is 3.17. The summed E-state index contributed by atoms with van der Waals surface area (Å²) in [4.78, 5) is 0. The molecule has 2 rings (SSSR count). The number of hydrogen-bond donors (Lipinski definition) is 1. The van der Waals surface area contributed by atoms with Crippen molar-refractivity contribution in [3.63, 3.8) is 0 Å². The van der Waals surface area contributed by atoms with Gasteiger partial charge in [0.2, 0.25) is 0 Å². The van der Waals surface area contributed by atoms with E-state index < -0.39 is 0 Å². The zero-order valence-electron chi connectivity index (χ0n) is 9.85. The summed E-state index contributed by atoms with van der Waals surface area (Å²) in [5.74, 6) is 0.145. The first-order valence-electron chi connectivity index (χ1n) is 5.76. The van der Waals surface area contributed by atoms with Gasteiger partial charge in [-0.25, -0.2) is 4.39 Å². The molecule has 1 heterocycles. The monoisotopic (exact) mass is 223 g/mol. The summed E-state index contributed by atoms with van der Waals surface area (Å²) in [6.45, 7) is 5.68. The van der Waals surface area contributed by atoms with Gasteiger partial charge in [-0.1, -0.05) is 12.1 Å². The smallest absolute Gasteiger partial charge is 0.167 e. The predicted molar refractivity (Wildman–Crippen MR) is 62.3 cm³/mol. The molecule has 1 aromatic rings. The van der Waals surface area contributed by atoms with Gasteiger partial charge in [0.15, 0.2) is 11.6 Å². The minimum Gasteiger partial charge on any atom is -0.484 e. The first-order chi connectivity index (χ1) is 7.61. The maximum absolute atomic E-state index is 13.8. The lowest BCUT2D eigenvalue weighted by molar-refractivity contribution is 0.0513. The SMILES string of the molecule is Cc1cccc(OC2(C)CCNCC2)c1F. The number of aryl methyl sites for hydroxylation is 1. The minimum absolute atomic E-state index is 0.234. The highest BCUT2D eigenvalue weighted by atomic mass is 19.1. The van der Waals surface area contributed by atoms with E-state index in [1.165, 1.54) is 0 Å². The third-order valence-corrected chi connectivity index (χ3v) is 3.17. The van der Waals surface area contributed by atoms with E-state index in [-0.39, 0.29) is 11.4 Å². The number of ether oxygens (including phenoxy) is 1. The van der Waals surface area contributed by atoms with Gasteiger partial charge in [0.1, 0.15) is 5.60 Å². The molecule has 0 spiro atoms. The molecule has 2 nitrogen and oxygen atoms in total. The van der Waals surface area contributed by atoms with Crippen molar-refractivity contribution in [2.45, 2.75) is 32.3 Å². The van der Waals surface area contributed by atoms with Gasteiger partial charge in [0.05, 0.1) is 0 Å². The van der Waals surface area contributed by atoms with Crippen LogP contribution in [0.4, 0.5) is 4.39 Å². The molecule has 0 radical (unpaired) electrons. The largest absolute Gasteiger partial charge is 0.484 e. The van der Waals surface area contributed by atoms with Crippen molar-refractivity contribution < 1.29 is 9.13 Å². The molecule has 0 saturated carbocycles. The lowest BCUT2D eigenvalue weighted by Crippen LogP contribution is -2.44. The van der Waals surface area contributed by atoms with Crippen LogP contribution in [0.2, 0.25) is 0 Å². The van der Waals surface area contributed by atoms with E-state index in [0.29, 0.717) is 11.3 Å². The Morgan fingerprint density at radius 3 is 2.69 bits per heavy atom.